The van der Waals surface area contributed by atoms with Crippen LogP contribution in [0, 0.1) is 0 Å². The highest BCUT2D eigenvalue weighted by Gasteiger charge is 2.22. The molecular formula is C18H23BrIN3O. The van der Waals surface area contributed by atoms with E-state index in [0.29, 0.717) is 12.5 Å². The van der Waals surface area contributed by atoms with Gasteiger partial charge >= 0.3 is 0 Å². The van der Waals surface area contributed by atoms with Crippen molar-refractivity contribution in [2.24, 2.45) is 10.7 Å². The molecule has 0 aliphatic rings. The molecule has 2 aromatic carbocycles. The molecule has 0 unspecified atom stereocenters. The lowest BCUT2D eigenvalue weighted by Gasteiger charge is -2.24. The van der Waals surface area contributed by atoms with Crippen LogP contribution in [0.25, 0.3) is 0 Å². The molecule has 0 bridgehead atoms. The number of nitrogens with two attached hydrogens (primary N) is 1. The van der Waals surface area contributed by atoms with Crippen molar-refractivity contribution in [3.8, 4) is 5.75 Å². The second kappa shape index (κ2) is 9.27. The van der Waals surface area contributed by atoms with E-state index in [0.717, 1.165) is 15.9 Å². The van der Waals surface area contributed by atoms with E-state index in [1.807, 2.05) is 42.5 Å². The second-order valence-corrected chi connectivity index (χ2v) is 6.77. The Morgan fingerprint density at radius 3 is 2.38 bits per heavy atom. The molecule has 6 heteroatoms. The van der Waals surface area contributed by atoms with Gasteiger partial charge in [0, 0.05) is 15.6 Å². The number of nitrogens with zero attached hydrogens (tertiary/aromatic N) is 1. The van der Waals surface area contributed by atoms with Crippen LogP contribution in [0.2, 0.25) is 0 Å². The van der Waals surface area contributed by atoms with Gasteiger partial charge in [-0.25, -0.2) is 0 Å². The van der Waals surface area contributed by atoms with Crippen molar-refractivity contribution in [2.75, 3.05) is 19.0 Å². The third-order valence-electron chi connectivity index (χ3n) is 3.61. The van der Waals surface area contributed by atoms with Crippen molar-refractivity contribution in [3.63, 3.8) is 0 Å². The summed E-state index contributed by atoms with van der Waals surface area (Å²) < 4.78 is 6.22. The molecule has 0 radical (unpaired) electrons. The van der Waals surface area contributed by atoms with Gasteiger partial charge in [0.25, 0.3) is 0 Å². The first-order valence-corrected chi connectivity index (χ1v) is 8.18. The Hall–Kier alpha value is -1.28. The minimum absolute atomic E-state index is 0. The first-order valence-electron chi connectivity index (χ1n) is 7.38. The standard InChI is InChI=1S/C18H22BrN3O.HI/c1-18(2,15-6-4-5-7-16(15)19)12-21-17(20)22-13-8-10-14(23-3)11-9-13;/h4-11H,12H2,1-3H3,(H3,20,21,22);1H. The molecule has 130 valence electrons. The van der Waals surface area contributed by atoms with Gasteiger partial charge in [0.1, 0.15) is 5.75 Å². The highest BCUT2D eigenvalue weighted by atomic mass is 127. The van der Waals surface area contributed by atoms with Crippen LogP contribution in [-0.2, 0) is 5.41 Å². The van der Waals surface area contributed by atoms with Crippen molar-refractivity contribution < 1.29 is 4.74 Å². The average Bonchev–Trinajstić information content (AvgIpc) is 2.54. The lowest BCUT2D eigenvalue weighted by Crippen LogP contribution is -2.28. The highest BCUT2D eigenvalue weighted by Crippen LogP contribution is 2.30. The number of benzene rings is 2. The van der Waals surface area contributed by atoms with Gasteiger partial charge in [0.2, 0.25) is 0 Å². The number of halogens is 2. The third kappa shape index (κ3) is 5.66. The van der Waals surface area contributed by atoms with Crippen molar-refractivity contribution in [1.82, 2.24) is 0 Å². The van der Waals surface area contributed by atoms with Crippen LogP contribution in [-0.4, -0.2) is 19.6 Å². The van der Waals surface area contributed by atoms with E-state index in [9.17, 15) is 0 Å². The van der Waals surface area contributed by atoms with E-state index in [2.05, 4.69) is 46.2 Å². The fourth-order valence-corrected chi connectivity index (χ4v) is 3.06. The molecule has 2 aromatic rings. The summed E-state index contributed by atoms with van der Waals surface area (Å²) in [7, 11) is 1.64. The van der Waals surface area contributed by atoms with Crippen molar-refractivity contribution in [2.45, 2.75) is 19.3 Å². The van der Waals surface area contributed by atoms with E-state index >= 15 is 0 Å². The van der Waals surface area contributed by atoms with Crippen molar-refractivity contribution in [3.05, 3.63) is 58.6 Å². The summed E-state index contributed by atoms with van der Waals surface area (Å²) in [6.45, 7) is 4.89. The molecule has 24 heavy (non-hydrogen) atoms. The number of methoxy groups -OCH3 is 1. The summed E-state index contributed by atoms with van der Waals surface area (Å²) in [6.07, 6.45) is 0. The molecule has 2 rings (SSSR count). The SMILES string of the molecule is COc1ccc(NC(N)=NCC(C)(C)c2ccccc2Br)cc1.I. The fourth-order valence-electron chi connectivity index (χ4n) is 2.24. The largest absolute Gasteiger partial charge is 0.497 e. The van der Waals surface area contributed by atoms with Crippen LogP contribution in [0.1, 0.15) is 19.4 Å². The number of hydrogen-bond donors (Lipinski definition) is 2. The van der Waals surface area contributed by atoms with Crippen LogP contribution in [0.5, 0.6) is 5.75 Å². The lowest BCUT2D eigenvalue weighted by atomic mass is 9.85. The highest BCUT2D eigenvalue weighted by molar-refractivity contribution is 14.0. The molecule has 0 amide bonds. The van der Waals surface area contributed by atoms with E-state index in [4.69, 9.17) is 10.5 Å². The molecule has 0 aliphatic carbocycles. The summed E-state index contributed by atoms with van der Waals surface area (Å²) >= 11 is 3.60. The van der Waals surface area contributed by atoms with Crippen LogP contribution >= 0.6 is 39.9 Å². The predicted molar refractivity (Wildman–Crippen MR) is 116 cm³/mol. The van der Waals surface area contributed by atoms with E-state index in [1.54, 1.807) is 7.11 Å². The lowest BCUT2D eigenvalue weighted by molar-refractivity contribution is 0.415. The van der Waals surface area contributed by atoms with Gasteiger partial charge in [-0.1, -0.05) is 48.0 Å². The first-order chi connectivity index (χ1) is 10.9. The maximum Gasteiger partial charge on any atom is 0.193 e. The fraction of sp³-hybridized carbons (Fsp3) is 0.278. The van der Waals surface area contributed by atoms with Gasteiger partial charge in [-0.3, -0.25) is 4.99 Å². The van der Waals surface area contributed by atoms with E-state index < -0.39 is 0 Å². The van der Waals surface area contributed by atoms with Crippen molar-refractivity contribution in [1.29, 1.82) is 0 Å². The maximum atomic E-state index is 6.00. The zero-order valence-electron chi connectivity index (χ0n) is 14.0. The summed E-state index contributed by atoms with van der Waals surface area (Å²) in [5.74, 6) is 1.21. The van der Waals surface area contributed by atoms with Crippen LogP contribution in [0.15, 0.2) is 58.0 Å². The van der Waals surface area contributed by atoms with Gasteiger partial charge in [-0.2, -0.15) is 0 Å². The summed E-state index contributed by atoms with van der Waals surface area (Å²) in [4.78, 5) is 4.48. The number of nitrogens with one attached hydrogen (secondary N) is 1. The number of guanidine groups is 1. The van der Waals surface area contributed by atoms with E-state index in [-0.39, 0.29) is 29.4 Å². The van der Waals surface area contributed by atoms with Crippen LogP contribution < -0.4 is 15.8 Å². The zero-order valence-corrected chi connectivity index (χ0v) is 18.0. The molecule has 0 aromatic heterocycles. The number of hydrogen-bond acceptors (Lipinski definition) is 2. The quantitative estimate of drug-likeness (QED) is 0.350. The smallest absolute Gasteiger partial charge is 0.193 e. The Balaban J connectivity index is 0.00000288. The number of rotatable bonds is 5. The van der Waals surface area contributed by atoms with Gasteiger partial charge < -0.3 is 15.8 Å². The van der Waals surface area contributed by atoms with Crippen LogP contribution in [0.3, 0.4) is 0 Å². The van der Waals surface area contributed by atoms with Gasteiger partial charge in [-0.05, 0) is 35.9 Å². The second-order valence-electron chi connectivity index (χ2n) is 5.92. The Morgan fingerprint density at radius 2 is 1.79 bits per heavy atom. The number of ether oxygens (including phenoxy) is 1. The third-order valence-corrected chi connectivity index (χ3v) is 4.30. The summed E-state index contributed by atoms with van der Waals surface area (Å²) in [5.41, 5.74) is 7.97. The van der Waals surface area contributed by atoms with E-state index in [1.165, 1.54) is 5.56 Å². The van der Waals surface area contributed by atoms with Crippen LogP contribution in [0.4, 0.5) is 5.69 Å². The Morgan fingerprint density at radius 1 is 1.17 bits per heavy atom. The minimum atomic E-state index is -0.119. The number of aliphatic imine (C=N–C) groups is 1. The Bertz CT molecular complexity index is 687. The van der Waals surface area contributed by atoms with Crippen molar-refractivity contribution >= 4 is 51.6 Å². The summed E-state index contributed by atoms with van der Waals surface area (Å²) in [5, 5.41) is 3.09. The molecule has 4 nitrogen and oxygen atoms in total. The maximum absolute atomic E-state index is 6.00. The van der Waals surface area contributed by atoms with Gasteiger partial charge in [0.05, 0.1) is 13.7 Å². The Kier molecular flexibility index (Phi) is 8.02. The molecule has 3 N–H and O–H groups in total. The molecule has 0 spiro atoms. The molecule has 0 aliphatic heterocycles. The molecular weight excluding hydrogens is 481 g/mol. The van der Waals surface area contributed by atoms with Gasteiger partial charge in [0.15, 0.2) is 5.96 Å². The summed E-state index contributed by atoms with van der Waals surface area (Å²) in [6, 6.07) is 15.7. The predicted octanol–water partition coefficient (Wildman–Crippen LogP) is 4.78. The molecule has 0 atom stereocenters. The minimum Gasteiger partial charge on any atom is -0.497 e. The topological polar surface area (TPSA) is 59.6 Å². The average molecular weight is 504 g/mol. The molecule has 0 saturated heterocycles. The normalized spacial score (nSPS) is 11.6. The molecule has 0 heterocycles. The first kappa shape index (κ1) is 20.8. The monoisotopic (exact) mass is 503 g/mol. The molecule has 0 fully saturated rings. The van der Waals surface area contributed by atoms with Gasteiger partial charge in [-0.15, -0.1) is 24.0 Å². The number of anilines is 1. The Labute approximate surface area is 169 Å². The molecule has 0 saturated carbocycles. The zero-order chi connectivity index (χ0) is 16.9.